The van der Waals surface area contributed by atoms with E-state index in [-0.39, 0.29) is 18.0 Å². The highest BCUT2D eigenvalue weighted by Crippen LogP contribution is 2.54. The first kappa shape index (κ1) is 23.5. The Bertz CT molecular complexity index is 1600. The average molecular weight is 532 g/mol. The van der Waals surface area contributed by atoms with E-state index in [2.05, 4.69) is 0 Å². The molecule has 4 heterocycles. The molecule has 10 heteroatoms. The van der Waals surface area contributed by atoms with Crippen molar-refractivity contribution in [3.8, 4) is 11.5 Å². The largest absolute Gasteiger partial charge is 0.454 e. The molecule has 4 aliphatic rings. The number of amides is 2. The van der Waals surface area contributed by atoms with Crippen LogP contribution in [0.1, 0.15) is 33.1 Å². The number of nitrogens with zero attached hydrogens (tertiary/aromatic N) is 2. The van der Waals surface area contributed by atoms with E-state index in [9.17, 15) is 27.6 Å². The van der Waals surface area contributed by atoms with Crippen molar-refractivity contribution in [1.29, 1.82) is 0 Å². The molecule has 0 aliphatic carbocycles. The van der Waals surface area contributed by atoms with Crippen LogP contribution >= 0.6 is 0 Å². The van der Waals surface area contributed by atoms with Crippen LogP contribution in [-0.4, -0.2) is 35.3 Å². The summed E-state index contributed by atoms with van der Waals surface area (Å²) in [5.74, 6) is -2.93. The fourth-order valence-corrected chi connectivity index (χ4v) is 6.15. The SMILES string of the molecule is O=C(c1ccc2c(c1)OCO2)[C@@H]1[C@@H]2C(=O)N(c3cccc(C(F)(F)F)c3)C(=O)[C@H]2[C@H]2c3ccccc3C=CN12. The van der Waals surface area contributed by atoms with Gasteiger partial charge in [0.1, 0.15) is 6.04 Å². The molecule has 0 N–H and O–H groups in total. The Morgan fingerprint density at radius 2 is 1.64 bits per heavy atom. The number of fused-ring (bicyclic) bond motifs is 6. The molecule has 0 radical (unpaired) electrons. The van der Waals surface area contributed by atoms with Gasteiger partial charge in [0, 0.05) is 11.8 Å². The summed E-state index contributed by atoms with van der Waals surface area (Å²) in [7, 11) is 0. The number of imide groups is 1. The summed E-state index contributed by atoms with van der Waals surface area (Å²) in [5.41, 5.74) is 0.732. The van der Waals surface area contributed by atoms with Gasteiger partial charge in [0.15, 0.2) is 17.3 Å². The third-order valence-corrected chi connectivity index (χ3v) is 7.82. The molecule has 4 atom stereocenters. The van der Waals surface area contributed by atoms with Crippen LogP contribution < -0.4 is 14.4 Å². The zero-order chi connectivity index (χ0) is 27.1. The predicted molar refractivity (Wildman–Crippen MR) is 132 cm³/mol. The molecule has 0 spiro atoms. The van der Waals surface area contributed by atoms with Gasteiger partial charge in [0.2, 0.25) is 18.6 Å². The normalized spacial score (nSPS) is 24.6. The number of benzene rings is 3. The molecule has 0 unspecified atom stereocenters. The number of carbonyl (C=O) groups excluding carboxylic acids is 3. The predicted octanol–water partition coefficient (Wildman–Crippen LogP) is 4.83. The second-order valence-corrected chi connectivity index (χ2v) is 9.83. The van der Waals surface area contributed by atoms with Crippen LogP contribution in [-0.2, 0) is 15.8 Å². The molecule has 2 amide bonds. The van der Waals surface area contributed by atoms with Crippen LogP contribution in [0.25, 0.3) is 6.08 Å². The summed E-state index contributed by atoms with van der Waals surface area (Å²) < 4.78 is 51.1. The minimum atomic E-state index is -4.65. The molecular weight excluding hydrogens is 513 g/mol. The van der Waals surface area contributed by atoms with Gasteiger partial charge in [-0.1, -0.05) is 30.3 Å². The first-order valence-corrected chi connectivity index (χ1v) is 12.3. The van der Waals surface area contributed by atoms with Gasteiger partial charge >= 0.3 is 6.18 Å². The van der Waals surface area contributed by atoms with Crippen molar-refractivity contribution >= 4 is 29.4 Å². The fourth-order valence-electron chi connectivity index (χ4n) is 6.15. The number of hydrogen-bond acceptors (Lipinski definition) is 6. The highest BCUT2D eigenvalue weighted by Gasteiger charge is 2.64. The van der Waals surface area contributed by atoms with Crippen molar-refractivity contribution in [2.75, 3.05) is 11.7 Å². The second-order valence-electron chi connectivity index (χ2n) is 9.83. The summed E-state index contributed by atoms with van der Waals surface area (Å²) in [5, 5.41) is 0. The van der Waals surface area contributed by atoms with Gasteiger partial charge in [-0.25, -0.2) is 4.90 Å². The first-order valence-electron chi connectivity index (χ1n) is 12.3. The smallest absolute Gasteiger partial charge is 0.416 e. The lowest BCUT2D eigenvalue weighted by molar-refractivity contribution is -0.137. The van der Waals surface area contributed by atoms with Crippen LogP contribution in [0.4, 0.5) is 18.9 Å². The molecule has 7 nitrogen and oxygen atoms in total. The highest BCUT2D eigenvalue weighted by atomic mass is 19.4. The third-order valence-electron chi connectivity index (χ3n) is 7.82. The van der Waals surface area contributed by atoms with Crippen molar-refractivity contribution in [3.63, 3.8) is 0 Å². The lowest BCUT2D eigenvalue weighted by atomic mass is 9.83. The van der Waals surface area contributed by atoms with E-state index in [1.165, 1.54) is 6.07 Å². The second kappa shape index (κ2) is 8.20. The van der Waals surface area contributed by atoms with Gasteiger partial charge in [-0.3, -0.25) is 14.4 Å². The van der Waals surface area contributed by atoms with E-state index in [4.69, 9.17) is 9.47 Å². The maximum Gasteiger partial charge on any atom is 0.416 e. The first-order chi connectivity index (χ1) is 18.7. The van der Waals surface area contributed by atoms with Crippen LogP contribution in [0, 0.1) is 11.8 Å². The molecule has 2 saturated heterocycles. The third kappa shape index (κ3) is 3.40. The Labute approximate surface area is 220 Å². The van der Waals surface area contributed by atoms with Gasteiger partial charge in [0.25, 0.3) is 0 Å². The Hall–Kier alpha value is -4.60. The Morgan fingerprint density at radius 3 is 2.46 bits per heavy atom. The maximum absolute atomic E-state index is 14.0. The summed E-state index contributed by atoms with van der Waals surface area (Å²) in [6, 6.07) is 14.5. The van der Waals surface area contributed by atoms with Crippen molar-refractivity contribution in [3.05, 3.63) is 95.2 Å². The standard InChI is InChI=1S/C29H19F3N2O5/c30-29(31,32)17-5-3-6-18(13-17)34-27(36)22-23(28(34)37)25(26(35)16-8-9-20-21(12-16)39-14-38-20)33-11-10-15-4-1-2-7-19(15)24(22)33/h1-13,22-25H,14H2/t22-,23-,24-,25+/m1/s1. The summed E-state index contributed by atoms with van der Waals surface area (Å²) in [6.07, 6.45) is -1.11. The fraction of sp³-hybridized carbons (Fsp3) is 0.207. The highest BCUT2D eigenvalue weighted by molar-refractivity contribution is 6.24. The van der Waals surface area contributed by atoms with E-state index in [1.54, 1.807) is 29.3 Å². The van der Waals surface area contributed by atoms with E-state index in [0.29, 0.717) is 11.5 Å². The molecule has 3 aromatic rings. The van der Waals surface area contributed by atoms with Gasteiger partial charge in [-0.15, -0.1) is 0 Å². The minimum Gasteiger partial charge on any atom is -0.454 e. The van der Waals surface area contributed by atoms with Crippen LogP contribution in [0.5, 0.6) is 11.5 Å². The number of alkyl halides is 3. The quantitative estimate of drug-likeness (QED) is 0.355. The molecular formula is C29H19F3N2O5. The van der Waals surface area contributed by atoms with Gasteiger partial charge in [0.05, 0.1) is 29.1 Å². The van der Waals surface area contributed by atoms with Gasteiger partial charge in [-0.05, 0) is 53.6 Å². The van der Waals surface area contributed by atoms with Crippen LogP contribution in [0.3, 0.4) is 0 Å². The van der Waals surface area contributed by atoms with E-state index >= 15 is 0 Å². The van der Waals surface area contributed by atoms with Crippen molar-refractivity contribution in [1.82, 2.24) is 4.90 Å². The number of Topliss-reactive ketones (excluding diaryl/α,β-unsaturated/α-hetero) is 1. The maximum atomic E-state index is 14.0. The molecule has 3 aromatic carbocycles. The molecule has 4 aliphatic heterocycles. The number of carbonyl (C=O) groups is 3. The molecule has 7 rings (SSSR count). The number of rotatable bonds is 3. The van der Waals surface area contributed by atoms with E-state index in [1.807, 2.05) is 30.3 Å². The molecule has 0 bridgehead atoms. The summed E-state index contributed by atoms with van der Waals surface area (Å²) >= 11 is 0. The van der Waals surface area contributed by atoms with Crippen molar-refractivity contribution < 1.29 is 37.0 Å². The number of ketones is 1. The van der Waals surface area contributed by atoms with Gasteiger partial charge < -0.3 is 14.4 Å². The molecule has 0 aromatic heterocycles. The number of hydrogen-bond donors (Lipinski definition) is 0. The summed E-state index contributed by atoms with van der Waals surface area (Å²) in [4.78, 5) is 44.4. The Balaban J connectivity index is 1.35. The summed E-state index contributed by atoms with van der Waals surface area (Å²) in [6.45, 7) is 0.0216. The number of anilines is 1. The molecule has 0 saturated carbocycles. The zero-order valence-electron chi connectivity index (χ0n) is 20.1. The number of ether oxygens (including phenoxy) is 2. The lowest BCUT2D eigenvalue weighted by Crippen LogP contribution is -2.44. The molecule has 39 heavy (non-hydrogen) atoms. The molecule has 196 valence electrons. The zero-order valence-corrected chi connectivity index (χ0v) is 20.1. The van der Waals surface area contributed by atoms with Crippen LogP contribution in [0.2, 0.25) is 0 Å². The van der Waals surface area contributed by atoms with E-state index in [0.717, 1.165) is 34.2 Å². The Kier molecular flexibility index (Phi) is 4.94. The number of halogens is 3. The van der Waals surface area contributed by atoms with Crippen LogP contribution in [0.15, 0.2) is 72.9 Å². The monoisotopic (exact) mass is 532 g/mol. The average Bonchev–Trinajstić information content (AvgIpc) is 3.60. The van der Waals surface area contributed by atoms with Gasteiger partial charge in [-0.2, -0.15) is 13.2 Å². The van der Waals surface area contributed by atoms with Crippen molar-refractivity contribution in [2.45, 2.75) is 18.3 Å². The Morgan fingerprint density at radius 1 is 0.872 bits per heavy atom. The lowest BCUT2D eigenvalue weighted by Gasteiger charge is -2.35. The molecule has 2 fully saturated rings. The van der Waals surface area contributed by atoms with Crippen molar-refractivity contribution in [2.24, 2.45) is 11.8 Å². The minimum absolute atomic E-state index is 0.0216. The topological polar surface area (TPSA) is 76.1 Å². The van der Waals surface area contributed by atoms with E-state index < -0.39 is 53.3 Å².